The van der Waals surface area contributed by atoms with Crippen LogP contribution in [0.3, 0.4) is 0 Å². The van der Waals surface area contributed by atoms with Gasteiger partial charge in [0, 0.05) is 55.6 Å². The van der Waals surface area contributed by atoms with Crippen molar-refractivity contribution in [2.45, 2.75) is 0 Å². The predicted octanol–water partition coefficient (Wildman–Crippen LogP) is 6.37. The van der Waals surface area contributed by atoms with E-state index >= 15 is 0 Å². The molecular weight excluding hydrogens is 578 g/mol. The largest absolute Gasteiger partial charge is 0.320 e. The quantitative estimate of drug-likeness (QED) is 0.236. The lowest BCUT2D eigenvalue weighted by atomic mass is 9.80. The monoisotopic (exact) mass is 595 g/mol. The molecule has 0 radical (unpaired) electrons. The van der Waals surface area contributed by atoms with Crippen molar-refractivity contribution >= 4 is 52.1 Å². The molecule has 1 amide bonds. The van der Waals surface area contributed by atoms with Crippen LogP contribution in [0.4, 0.5) is 5.69 Å². The zero-order valence-electron chi connectivity index (χ0n) is 22.6. The van der Waals surface area contributed by atoms with Crippen LogP contribution in [0.2, 0.25) is 5.02 Å². The van der Waals surface area contributed by atoms with Gasteiger partial charge in [-0.3, -0.25) is 28.8 Å². The maximum Gasteiger partial charge on any atom is 0.255 e. The summed E-state index contributed by atoms with van der Waals surface area (Å²) in [5, 5.41) is 2.75. The van der Waals surface area contributed by atoms with E-state index in [4.69, 9.17) is 11.6 Å². The Morgan fingerprint density at radius 3 is 1.55 bits per heavy atom. The summed E-state index contributed by atoms with van der Waals surface area (Å²) < 4.78 is 0. The van der Waals surface area contributed by atoms with Crippen molar-refractivity contribution in [1.29, 1.82) is 0 Å². The van der Waals surface area contributed by atoms with Crippen LogP contribution in [0, 0.1) is 0 Å². The molecule has 0 unspecified atom stereocenters. The van der Waals surface area contributed by atoms with Crippen molar-refractivity contribution in [1.82, 2.24) is 0 Å². The molecule has 0 aliphatic heterocycles. The van der Waals surface area contributed by atoms with E-state index < -0.39 is 23.3 Å². The Morgan fingerprint density at radius 1 is 0.477 bits per heavy atom. The first-order chi connectivity index (χ1) is 21.3. The maximum atomic E-state index is 13.6. The first-order valence-corrected chi connectivity index (χ1v) is 13.9. The molecule has 7 rings (SSSR count). The fourth-order valence-corrected chi connectivity index (χ4v) is 5.94. The van der Waals surface area contributed by atoms with Crippen LogP contribution in [0.15, 0.2) is 103 Å². The van der Waals surface area contributed by atoms with Gasteiger partial charge in [-0.05, 0) is 24.3 Å². The molecule has 2 aliphatic rings. The number of nitrogens with one attached hydrogen (secondary N) is 1. The third kappa shape index (κ3) is 4.06. The van der Waals surface area contributed by atoms with Crippen molar-refractivity contribution in [2.24, 2.45) is 0 Å². The third-order valence-electron chi connectivity index (χ3n) is 7.89. The number of hydrogen-bond donors (Lipinski definition) is 1. The van der Waals surface area contributed by atoms with Gasteiger partial charge in [0.1, 0.15) is 0 Å². The summed E-state index contributed by atoms with van der Waals surface area (Å²) in [6, 6.07) is 26.1. The number of rotatable bonds is 4. The second kappa shape index (κ2) is 10.2. The summed E-state index contributed by atoms with van der Waals surface area (Å²) in [4.78, 5) is 79.8. The molecule has 5 aromatic rings. The molecular formula is C36H18ClNO6. The average Bonchev–Trinajstić information content (AvgIpc) is 3.06. The number of carbonyl (C=O) groups excluding carboxylic acids is 6. The van der Waals surface area contributed by atoms with Gasteiger partial charge >= 0.3 is 0 Å². The zero-order chi connectivity index (χ0) is 30.7. The van der Waals surface area contributed by atoms with Crippen LogP contribution in [-0.4, -0.2) is 34.8 Å². The molecule has 0 bridgehead atoms. The number of halogens is 1. The van der Waals surface area contributed by atoms with Gasteiger partial charge in [-0.1, -0.05) is 90.5 Å². The van der Waals surface area contributed by atoms with Crippen LogP contribution >= 0.6 is 11.6 Å². The molecule has 8 heteroatoms. The molecule has 0 heterocycles. The number of hydrogen-bond acceptors (Lipinski definition) is 6. The molecule has 44 heavy (non-hydrogen) atoms. The summed E-state index contributed by atoms with van der Waals surface area (Å²) in [5.41, 5.74) is 1.83. The van der Waals surface area contributed by atoms with E-state index in [1.165, 1.54) is 48.5 Å². The Balaban J connectivity index is 1.18. The lowest BCUT2D eigenvalue weighted by molar-refractivity contribution is 0.0971. The zero-order valence-corrected chi connectivity index (χ0v) is 23.4. The fraction of sp³-hybridized carbons (Fsp3) is 0. The smallest absolute Gasteiger partial charge is 0.255 e. The summed E-state index contributed by atoms with van der Waals surface area (Å²) in [7, 11) is 0. The number of anilines is 1. The van der Waals surface area contributed by atoms with Crippen LogP contribution in [-0.2, 0) is 0 Å². The average molecular weight is 596 g/mol. The molecule has 2 aliphatic carbocycles. The second-order valence-electron chi connectivity index (χ2n) is 10.3. The normalized spacial score (nSPS) is 13.0. The lowest BCUT2D eigenvalue weighted by Crippen LogP contribution is -2.24. The highest BCUT2D eigenvalue weighted by Gasteiger charge is 2.34. The van der Waals surface area contributed by atoms with Crippen LogP contribution in [0.1, 0.15) is 90.0 Å². The van der Waals surface area contributed by atoms with Crippen LogP contribution < -0.4 is 5.32 Å². The minimum absolute atomic E-state index is 0.0102. The predicted molar refractivity (Wildman–Crippen MR) is 162 cm³/mol. The number of ketones is 5. The first-order valence-electron chi connectivity index (χ1n) is 13.5. The van der Waals surface area contributed by atoms with Crippen molar-refractivity contribution in [2.75, 3.05) is 5.32 Å². The molecule has 0 atom stereocenters. The Labute approximate surface area is 255 Å². The molecule has 0 saturated heterocycles. The van der Waals surface area contributed by atoms with E-state index in [0.29, 0.717) is 5.56 Å². The SMILES string of the molecule is O=C(Nc1c(Cl)ccc2c1C(=O)c1ccccc1C2=O)c1ccc(C(=O)c2cccc3c2C(=O)c2ccccc2C3=O)cc1. The van der Waals surface area contributed by atoms with Gasteiger partial charge in [-0.2, -0.15) is 0 Å². The maximum absolute atomic E-state index is 13.6. The molecule has 210 valence electrons. The van der Waals surface area contributed by atoms with Crippen molar-refractivity contribution < 1.29 is 28.8 Å². The van der Waals surface area contributed by atoms with Gasteiger partial charge in [-0.15, -0.1) is 0 Å². The van der Waals surface area contributed by atoms with Gasteiger partial charge in [0.2, 0.25) is 0 Å². The summed E-state index contributed by atoms with van der Waals surface area (Å²) in [6.07, 6.45) is 0. The minimum Gasteiger partial charge on any atom is -0.320 e. The highest BCUT2D eigenvalue weighted by molar-refractivity contribution is 6.38. The van der Waals surface area contributed by atoms with Gasteiger partial charge in [0.05, 0.1) is 16.3 Å². The topological polar surface area (TPSA) is 114 Å². The number of fused-ring (bicyclic) bond motifs is 4. The number of amides is 1. The van der Waals surface area contributed by atoms with Gasteiger partial charge in [-0.25, -0.2) is 0 Å². The highest BCUT2D eigenvalue weighted by Crippen LogP contribution is 2.37. The fourth-order valence-electron chi connectivity index (χ4n) is 5.73. The van der Waals surface area contributed by atoms with E-state index in [1.54, 1.807) is 54.6 Å². The first kappa shape index (κ1) is 27.1. The molecule has 7 nitrogen and oxygen atoms in total. The molecule has 0 fully saturated rings. The van der Waals surface area contributed by atoms with E-state index in [9.17, 15) is 28.8 Å². The summed E-state index contributed by atoms with van der Waals surface area (Å²) >= 11 is 6.40. The standard InChI is InChI=1S/C36H18ClNO6/c37-27-17-16-26-29(35(43)23-9-4-2-7-21(23)33(26)41)30(27)38-36(44)19-14-12-18(13-15-19)31(39)24-10-5-11-25-28(24)34(42)22-8-3-1-6-20(22)32(25)40/h1-17H,(H,38,44). The Hall–Kier alpha value is -5.79. The molecule has 0 aromatic heterocycles. The van der Waals surface area contributed by atoms with Gasteiger partial charge < -0.3 is 5.32 Å². The molecule has 5 aromatic carbocycles. The van der Waals surface area contributed by atoms with Gasteiger partial charge in [0.25, 0.3) is 5.91 Å². The summed E-state index contributed by atoms with van der Waals surface area (Å²) in [6.45, 7) is 0. The number of carbonyl (C=O) groups is 6. The Morgan fingerprint density at radius 2 is 0.955 bits per heavy atom. The van der Waals surface area contributed by atoms with E-state index in [2.05, 4.69) is 5.32 Å². The lowest BCUT2D eigenvalue weighted by Gasteiger charge is -2.21. The molecule has 0 saturated carbocycles. The summed E-state index contributed by atoms with van der Waals surface area (Å²) in [5.74, 6) is -2.63. The van der Waals surface area contributed by atoms with Crippen LogP contribution in [0.5, 0.6) is 0 Å². The van der Waals surface area contributed by atoms with Crippen molar-refractivity contribution in [3.05, 3.63) is 169 Å². The van der Waals surface area contributed by atoms with Gasteiger partial charge in [0.15, 0.2) is 28.9 Å². The third-order valence-corrected chi connectivity index (χ3v) is 8.20. The van der Waals surface area contributed by atoms with E-state index in [0.717, 1.165) is 0 Å². The van der Waals surface area contributed by atoms with Crippen molar-refractivity contribution in [3.63, 3.8) is 0 Å². The van der Waals surface area contributed by atoms with Crippen LogP contribution in [0.25, 0.3) is 0 Å². The van der Waals surface area contributed by atoms with E-state index in [-0.39, 0.29) is 77.9 Å². The Bertz CT molecular complexity index is 2160. The second-order valence-corrected chi connectivity index (χ2v) is 10.7. The highest BCUT2D eigenvalue weighted by atomic mass is 35.5. The minimum atomic E-state index is -0.618. The Kier molecular flexibility index (Phi) is 6.27. The number of benzene rings is 5. The molecule has 0 spiro atoms. The van der Waals surface area contributed by atoms with E-state index in [1.807, 2.05) is 0 Å². The molecule has 1 N–H and O–H groups in total. The van der Waals surface area contributed by atoms with Crippen molar-refractivity contribution in [3.8, 4) is 0 Å².